The summed E-state index contributed by atoms with van der Waals surface area (Å²) < 4.78 is 11.5. The van der Waals surface area contributed by atoms with E-state index in [0.717, 1.165) is 11.1 Å². The molecule has 5 rings (SSSR count). The fraction of sp³-hybridized carbons (Fsp3) is 0.0769. The topological polar surface area (TPSA) is 132 Å². The number of carbonyl (C=O) groups is 1. The minimum absolute atomic E-state index is 0.0138. The molecule has 0 radical (unpaired) electrons. The van der Waals surface area contributed by atoms with Crippen molar-refractivity contribution < 1.29 is 23.7 Å². The van der Waals surface area contributed by atoms with Crippen LogP contribution in [0.3, 0.4) is 0 Å². The van der Waals surface area contributed by atoms with E-state index in [0.29, 0.717) is 33.7 Å². The molecule has 0 bridgehead atoms. The van der Waals surface area contributed by atoms with Gasteiger partial charge >= 0.3 is 0 Å². The Hall–Kier alpha value is -4.92. The summed E-state index contributed by atoms with van der Waals surface area (Å²) in [6.45, 7) is 3.91. The average molecular weight is 469 g/mol. The second-order valence-corrected chi connectivity index (χ2v) is 8.11. The molecule has 0 aliphatic heterocycles. The number of hydrogen-bond acceptors (Lipinski definition) is 7. The summed E-state index contributed by atoms with van der Waals surface area (Å²) in [5.41, 5.74) is 4.49. The number of benzene rings is 3. The van der Waals surface area contributed by atoms with E-state index >= 15 is 0 Å². The lowest BCUT2D eigenvalue weighted by Gasteiger charge is -2.06. The molecular weight excluding hydrogens is 450 g/mol. The molecule has 0 saturated carbocycles. The van der Waals surface area contributed by atoms with E-state index in [4.69, 9.17) is 8.83 Å². The normalized spacial score (nSPS) is 11.0. The van der Waals surface area contributed by atoms with Gasteiger partial charge in [0.25, 0.3) is 11.6 Å². The van der Waals surface area contributed by atoms with Gasteiger partial charge in [-0.15, -0.1) is 0 Å². The highest BCUT2D eigenvalue weighted by molar-refractivity contribution is 6.03. The molecule has 0 aliphatic carbocycles. The SMILES string of the molecule is Cc1cc(C)c2oc(-c3ccc(NC(=O)c4ccc(-c5cccc([N+](=O)[O-])c5)o4)cc3O)nc2c1. The van der Waals surface area contributed by atoms with E-state index in [9.17, 15) is 20.0 Å². The lowest BCUT2D eigenvalue weighted by molar-refractivity contribution is -0.384. The fourth-order valence-corrected chi connectivity index (χ4v) is 3.86. The van der Waals surface area contributed by atoms with Crippen molar-refractivity contribution in [1.29, 1.82) is 0 Å². The van der Waals surface area contributed by atoms with Gasteiger partial charge in [-0.3, -0.25) is 14.9 Å². The van der Waals surface area contributed by atoms with Gasteiger partial charge in [-0.2, -0.15) is 0 Å². The summed E-state index contributed by atoms with van der Waals surface area (Å²) in [5, 5.41) is 24.2. The van der Waals surface area contributed by atoms with Gasteiger partial charge in [0.2, 0.25) is 5.89 Å². The van der Waals surface area contributed by atoms with Gasteiger partial charge in [0.15, 0.2) is 11.3 Å². The molecule has 0 atom stereocenters. The Balaban J connectivity index is 1.36. The Kier molecular flexibility index (Phi) is 5.29. The van der Waals surface area contributed by atoms with Gasteiger partial charge in [-0.1, -0.05) is 18.2 Å². The molecule has 174 valence electrons. The van der Waals surface area contributed by atoms with Gasteiger partial charge in [-0.05, 0) is 55.3 Å². The number of non-ortho nitro benzene ring substituents is 1. The van der Waals surface area contributed by atoms with Crippen molar-refractivity contribution in [1.82, 2.24) is 4.98 Å². The molecule has 5 aromatic rings. The first-order valence-corrected chi connectivity index (χ1v) is 10.7. The molecule has 0 aliphatic rings. The van der Waals surface area contributed by atoms with Crippen LogP contribution in [0.25, 0.3) is 33.9 Å². The minimum atomic E-state index is -0.540. The number of amides is 1. The molecule has 9 nitrogen and oxygen atoms in total. The molecule has 2 heterocycles. The monoisotopic (exact) mass is 469 g/mol. The molecule has 1 amide bonds. The van der Waals surface area contributed by atoms with Crippen LogP contribution in [-0.4, -0.2) is 20.9 Å². The number of nitrogens with zero attached hydrogens (tertiary/aromatic N) is 2. The summed E-state index contributed by atoms with van der Waals surface area (Å²) in [7, 11) is 0. The molecule has 35 heavy (non-hydrogen) atoms. The molecule has 0 spiro atoms. The molecular formula is C26H19N3O6. The number of hydrogen-bond donors (Lipinski definition) is 2. The Morgan fingerprint density at radius 2 is 1.86 bits per heavy atom. The van der Waals surface area contributed by atoms with Crippen LogP contribution in [-0.2, 0) is 0 Å². The van der Waals surface area contributed by atoms with Gasteiger partial charge in [0.1, 0.15) is 17.0 Å². The van der Waals surface area contributed by atoms with Gasteiger partial charge < -0.3 is 19.3 Å². The molecule has 0 saturated heterocycles. The van der Waals surface area contributed by atoms with E-state index in [1.807, 2.05) is 26.0 Å². The maximum Gasteiger partial charge on any atom is 0.291 e. The number of nitrogens with one attached hydrogen (secondary N) is 1. The van der Waals surface area contributed by atoms with Crippen LogP contribution in [0.1, 0.15) is 21.7 Å². The summed E-state index contributed by atoms with van der Waals surface area (Å²) in [4.78, 5) is 27.6. The second-order valence-electron chi connectivity index (χ2n) is 8.11. The first kappa shape index (κ1) is 21.9. The largest absolute Gasteiger partial charge is 0.507 e. The van der Waals surface area contributed by atoms with Crippen molar-refractivity contribution in [2.75, 3.05) is 5.32 Å². The summed E-state index contributed by atoms with van der Waals surface area (Å²) in [6, 6.07) is 17.5. The van der Waals surface area contributed by atoms with Crippen LogP contribution in [0.4, 0.5) is 11.4 Å². The third kappa shape index (κ3) is 4.22. The molecule has 3 aromatic carbocycles. The zero-order chi connectivity index (χ0) is 24.7. The first-order chi connectivity index (χ1) is 16.8. The van der Waals surface area contributed by atoms with E-state index < -0.39 is 10.8 Å². The van der Waals surface area contributed by atoms with Crippen molar-refractivity contribution in [3.8, 4) is 28.5 Å². The molecule has 9 heteroatoms. The standard InChI is InChI=1S/C26H19N3O6/c1-14-10-15(2)24-20(11-14)28-26(35-24)19-7-6-17(13-21(19)30)27-25(31)23-9-8-22(34-23)16-4-3-5-18(12-16)29(32)33/h3-13,30H,1-2H3,(H,27,31). The number of nitro groups is 1. The average Bonchev–Trinajstić information content (AvgIpc) is 3.47. The van der Waals surface area contributed by atoms with Crippen molar-refractivity contribution >= 4 is 28.4 Å². The van der Waals surface area contributed by atoms with E-state index in [-0.39, 0.29) is 23.1 Å². The number of oxazole rings is 1. The maximum absolute atomic E-state index is 12.7. The zero-order valence-corrected chi connectivity index (χ0v) is 18.7. The number of aromatic nitrogens is 1. The highest BCUT2D eigenvalue weighted by atomic mass is 16.6. The Morgan fingerprint density at radius 3 is 2.63 bits per heavy atom. The smallest absolute Gasteiger partial charge is 0.291 e. The number of phenolic OH excluding ortho intramolecular Hbond substituents is 1. The molecule has 0 fully saturated rings. The van der Waals surface area contributed by atoms with Crippen molar-refractivity contribution in [3.05, 3.63) is 93.7 Å². The van der Waals surface area contributed by atoms with Crippen molar-refractivity contribution in [2.45, 2.75) is 13.8 Å². The summed E-state index contributed by atoms with van der Waals surface area (Å²) >= 11 is 0. The number of nitro benzene ring substituents is 1. The summed E-state index contributed by atoms with van der Waals surface area (Å²) in [5.74, 6) is -0.0441. The number of anilines is 1. The third-order valence-corrected chi connectivity index (χ3v) is 5.48. The van der Waals surface area contributed by atoms with Gasteiger partial charge in [-0.25, -0.2) is 4.98 Å². The quantitative estimate of drug-likeness (QED) is 0.230. The lowest BCUT2D eigenvalue weighted by atomic mass is 10.1. The predicted molar refractivity (Wildman–Crippen MR) is 129 cm³/mol. The van der Waals surface area contributed by atoms with Gasteiger partial charge in [0, 0.05) is 29.4 Å². The fourth-order valence-electron chi connectivity index (χ4n) is 3.86. The number of carbonyl (C=O) groups excluding carboxylic acids is 1. The number of phenols is 1. The maximum atomic E-state index is 12.7. The van der Waals surface area contributed by atoms with Gasteiger partial charge in [0.05, 0.1) is 10.5 Å². The van der Waals surface area contributed by atoms with Crippen LogP contribution in [0.15, 0.2) is 75.6 Å². The number of furan rings is 1. The Labute approximate surface area is 198 Å². The lowest BCUT2D eigenvalue weighted by Crippen LogP contribution is -2.10. The van der Waals surface area contributed by atoms with Crippen molar-refractivity contribution in [2.24, 2.45) is 0 Å². The number of aryl methyl sites for hydroxylation is 2. The summed E-state index contributed by atoms with van der Waals surface area (Å²) in [6.07, 6.45) is 0. The van der Waals surface area contributed by atoms with E-state index in [1.165, 1.54) is 24.3 Å². The van der Waals surface area contributed by atoms with Crippen LogP contribution < -0.4 is 5.32 Å². The van der Waals surface area contributed by atoms with E-state index in [2.05, 4.69) is 10.3 Å². The number of aromatic hydroxyl groups is 1. The highest BCUT2D eigenvalue weighted by Crippen LogP contribution is 2.34. The van der Waals surface area contributed by atoms with Crippen molar-refractivity contribution in [3.63, 3.8) is 0 Å². The van der Waals surface area contributed by atoms with Crippen LogP contribution in [0, 0.1) is 24.0 Å². The minimum Gasteiger partial charge on any atom is -0.507 e. The number of rotatable bonds is 5. The Morgan fingerprint density at radius 1 is 1.03 bits per heavy atom. The predicted octanol–water partition coefficient (Wildman–Crippen LogP) is 6.24. The van der Waals surface area contributed by atoms with E-state index in [1.54, 1.807) is 30.3 Å². The Bertz CT molecular complexity index is 1610. The van der Waals surface area contributed by atoms with Crippen LogP contribution in [0.5, 0.6) is 5.75 Å². The molecule has 2 N–H and O–H groups in total. The second kappa shape index (κ2) is 8.45. The first-order valence-electron chi connectivity index (χ1n) is 10.7. The van der Waals surface area contributed by atoms with Crippen LogP contribution in [0.2, 0.25) is 0 Å². The highest BCUT2D eigenvalue weighted by Gasteiger charge is 2.17. The zero-order valence-electron chi connectivity index (χ0n) is 18.7. The van der Waals surface area contributed by atoms with Crippen LogP contribution >= 0.6 is 0 Å². The third-order valence-electron chi connectivity index (χ3n) is 5.48. The molecule has 0 unspecified atom stereocenters. The molecule has 2 aromatic heterocycles. The number of fused-ring (bicyclic) bond motifs is 1.